The molecule has 1 aliphatic rings. The Balaban J connectivity index is 0.000000555. The van der Waals surface area contributed by atoms with Crippen molar-refractivity contribution in [3.8, 4) is 0 Å². The lowest BCUT2D eigenvalue weighted by atomic mass is 10.3. The zero-order valence-electron chi connectivity index (χ0n) is 10.5. The van der Waals surface area contributed by atoms with Crippen molar-refractivity contribution >= 4 is 20.5 Å². The fraction of sp³-hybridized carbons (Fsp3) is 0.750. The van der Waals surface area contributed by atoms with E-state index in [1.807, 2.05) is 18.9 Å². The Kier molecular flexibility index (Phi) is 6.72. The molecule has 0 aromatic heterocycles. The summed E-state index contributed by atoms with van der Waals surface area (Å²) in [7, 11) is -6.80. The maximum Gasteiger partial charge on any atom is 0.394 e. The van der Waals surface area contributed by atoms with Crippen LogP contribution in [-0.4, -0.2) is 59.4 Å². The minimum absolute atomic E-state index is 0.441. The van der Waals surface area contributed by atoms with Crippen molar-refractivity contribution < 1.29 is 30.5 Å². The quantitative estimate of drug-likeness (QED) is 0.613. The van der Waals surface area contributed by atoms with Crippen molar-refractivity contribution in [1.29, 1.82) is 0 Å². The summed E-state index contributed by atoms with van der Waals surface area (Å²) >= 11 is 0. The molecule has 1 atom stereocenters. The van der Waals surface area contributed by atoms with Crippen molar-refractivity contribution in [3.63, 3.8) is 0 Å². The number of nitrogens with zero attached hydrogens (tertiary/aromatic N) is 2. The summed E-state index contributed by atoms with van der Waals surface area (Å²) in [5.74, 6) is 0. The van der Waals surface area contributed by atoms with Crippen LogP contribution in [0, 0.1) is 0 Å². The molecule has 1 aliphatic heterocycles. The van der Waals surface area contributed by atoms with Crippen LogP contribution in [0.2, 0.25) is 0 Å². The number of rotatable bonds is 4. The molecule has 19 heavy (non-hydrogen) atoms. The van der Waals surface area contributed by atoms with Gasteiger partial charge in [-0.2, -0.15) is 16.8 Å². The Hall–Kier alpha value is -0.880. The molecule has 0 amide bonds. The second-order valence-corrected chi connectivity index (χ2v) is 6.39. The molecular formula is C8H18N2O7S2. The third-order valence-electron chi connectivity index (χ3n) is 2.15. The van der Waals surface area contributed by atoms with E-state index in [9.17, 15) is 8.42 Å². The van der Waals surface area contributed by atoms with Crippen molar-refractivity contribution in [2.24, 2.45) is 0 Å². The molecule has 0 aromatic rings. The first-order valence-electron chi connectivity index (χ1n) is 5.25. The molecule has 0 saturated carbocycles. The molecule has 1 heterocycles. The first-order valence-corrected chi connectivity index (χ1v) is 8.15. The van der Waals surface area contributed by atoms with Gasteiger partial charge in [0, 0.05) is 19.4 Å². The van der Waals surface area contributed by atoms with Gasteiger partial charge in [0.25, 0.3) is 10.1 Å². The van der Waals surface area contributed by atoms with Crippen molar-refractivity contribution in [2.45, 2.75) is 25.1 Å². The van der Waals surface area contributed by atoms with E-state index in [-0.39, 0.29) is 0 Å². The van der Waals surface area contributed by atoms with E-state index in [4.69, 9.17) is 22.1 Å². The van der Waals surface area contributed by atoms with Gasteiger partial charge >= 0.3 is 10.4 Å². The normalized spacial score (nSPS) is 17.1. The van der Waals surface area contributed by atoms with Gasteiger partial charge in [-0.05, 0) is 6.42 Å². The molecule has 1 unspecified atom stereocenters. The molecular weight excluding hydrogens is 300 g/mol. The Bertz CT molecular complexity index is 491. The fourth-order valence-electron chi connectivity index (χ4n) is 1.47. The van der Waals surface area contributed by atoms with Crippen LogP contribution in [-0.2, 0) is 20.5 Å². The van der Waals surface area contributed by atoms with Gasteiger partial charge < -0.3 is 9.80 Å². The summed E-state index contributed by atoms with van der Waals surface area (Å²) in [6.45, 7) is 2.39. The van der Waals surface area contributed by atoms with Crippen LogP contribution in [0.3, 0.4) is 0 Å². The van der Waals surface area contributed by atoms with E-state index < -0.39 is 25.9 Å². The van der Waals surface area contributed by atoms with E-state index in [2.05, 4.69) is 0 Å². The van der Waals surface area contributed by atoms with Gasteiger partial charge in [0.1, 0.15) is 0 Å². The zero-order chi connectivity index (χ0) is 15.3. The maximum absolute atomic E-state index is 11.1. The first kappa shape index (κ1) is 18.1. The largest absolute Gasteiger partial charge is 0.394 e. The van der Waals surface area contributed by atoms with Gasteiger partial charge in [-0.15, -0.1) is 0 Å². The highest BCUT2D eigenvalue weighted by atomic mass is 32.3. The summed E-state index contributed by atoms with van der Waals surface area (Å²) in [6.07, 6.45) is 4.64. The number of hydrogen-bond donors (Lipinski definition) is 3. The molecule has 0 radical (unpaired) electrons. The summed E-state index contributed by atoms with van der Waals surface area (Å²) in [4.78, 5) is 3.48. The molecule has 9 nitrogen and oxygen atoms in total. The summed E-state index contributed by atoms with van der Waals surface area (Å²) in [5.41, 5.74) is 0. The van der Waals surface area contributed by atoms with Crippen LogP contribution in [0.15, 0.2) is 12.4 Å². The standard InChI is InChI=1S/C8H16N2O3S.H2O4S/c1-3-4-8(14(11,12)13)10-6-5-9(2)7-10;1-5(2,3)4/h5-6,8H,3-4,7H2,1-2H3,(H,11,12,13);(H2,1,2,3,4). The molecule has 0 aliphatic carbocycles. The van der Waals surface area contributed by atoms with Gasteiger partial charge in [0.15, 0.2) is 5.37 Å². The van der Waals surface area contributed by atoms with E-state index in [0.717, 1.165) is 6.42 Å². The number of hydrogen-bond acceptors (Lipinski definition) is 6. The lowest BCUT2D eigenvalue weighted by molar-refractivity contribution is 0.255. The van der Waals surface area contributed by atoms with Gasteiger partial charge in [-0.1, -0.05) is 13.3 Å². The Morgan fingerprint density at radius 2 is 1.63 bits per heavy atom. The van der Waals surface area contributed by atoms with Crippen molar-refractivity contribution in [3.05, 3.63) is 12.4 Å². The van der Waals surface area contributed by atoms with Crippen molar-refractivity contribution in [1.82, 2.24) is 9.80 Å². The third-order valence-corrected chi connectivity index (χ3v) is 3.34. The molecule has 0 spiro atoms. The Labute approximate surface area is 112 Å². The second kappa shape index (κ2) is 7.05. The van der Waals surface area contributed by atoms with Crippen LogP contribution in [0.1, 0.15) is 19.8 Å². The van der Waals surface area contributed by atoms with Crippen LogP contribution >= 0.6 is 0 Å². The topological polar surface area (TPSA) is 135 Å². The van der Waals surface area contributed by atoms with Crippen LogP contribution < -0.4 is 0 Å². The molecule has 0 fully saturated rings. The average Bonchev–Trinajstić information content (AvgIpc) is 2.56. The molecule has 0 saturated heterocycles. The monoisotopic (exact) mass is 318 g/mol. The molecule has 114 valence electrons. The van der Waals surface area contributed by atoms with Gasteiger partial charge in [0.2, 0.25) is 0 Å². The molecule has 3 N–H and O–H groups in total. The summed E-state index contributed by atoms with van der Waals surface area (Å²) in [6, 6.07) is 0. The smallest absolute Gasteiger partial charge is 0.362 e. The molecule has 0 aromatic carbocycles. The first-order chi connectivity index (χ1) is 8.45. The zero-order valence-corrected chi connectivity index (χ0v) is 12.2. The minimum atomic E-state index is -4.67. The van der Waals surface area contributed by atoms with Crippen molar-refractivity contribution in [2.75, 3.05) is 13.7 Å². The van der Waals surface area contributed by atoms with Gasteiger partial charge in [-0.25, -0.2) is 0 Å². The summed E-state index contributed by atoms with van der Waals surface area (Å²) < 4.78 is 62.8. The van der Waals surface area contributed by atoms with Gasteiger partial charge in [0.05, 0.1) is 6.67 Å². The fourth-order valence-corrected chi connectivity index (χ4v) is 2.48. The highest BCUT2D eigenvalue weighted by Crippen LogP contribution is 2.17. The van der Waals surface area contributed by atoms with Crippen LogP contribution in [0.25, 0.3) is 0 Å². The highest BCUT2D eigenvalue weighted by molar-refractivity contribution is 7.86. The lowest BCUT2D eigenvalue weighted by Crippen LogP contribution is -2.38. The van der Waals surface area contributed by atoms with Crippen LogP contribution in [0.4, 0.5) is 0 Å². The molecule has 0 bridgehead atoms. The van der Waals surface area contributed by atoms with Crippen LogP contribution in [0.5, 0.6) is 0 Å². The third kappa shape index (κ3) is 8.77. The van der Waals surface area contributed by atoms with E-state index in [1.165, 1.54) is 0 Å². The summed E-state index contributed by atoms with van der Waals surface area (Å²) in [5, 5.41) is -0.811. The maximum atomic E-state index is 11.1. The van der Waals surface area contributed by atoms with E-state index >= 15 is 0 Å². The van der Waals surface area contributed by atoms with E-state index in [1.54, 1.807) is 17.3 Å². The predicted octanol–water partition coefficient (Wildman–Crippen LogP) is 0.0237. The van der Waals surface area contributed by atoms with Gasteiger partial charge in [-0.3, -0.25) is 13.7 Å². The minimum Gasteiger partial charge on any atom is -0.362 e. The Morgan fingerprint density at radius 3 is 1.89 bits per heavy atom. The molecule has 11 heteroatoms. The Morgan fingerprint density at radius 1 is 1.16 bits per heavy atom. The predicted molar refractivity (Wildman–Crippen MR) is 68.0 cm³/mol. The van der Waals surface area contributed by atoms with E-state index in [0.29, 0.717) is 13.1 Å². The molecule has 1 rings (SSSR count). The second-order valence-electron chi connectivity index (χ2n) is 3.92. The average molecular weight is 318 g/mol. The SMILES string of the molecule is CCCC(N1C=CN(C)C1)S(=O)(=O)O.O=S(=O)(O)O. The lowest BCUT2D eigenvalue weighted by Gasteiger charge is -2.25. The highest BCUT2D eigenvalue weighted by Gasteiger charge is 2.29.